The highest BCUT2D eigenvalue weighted by molar-refractivity contribution is 14.0. The Labute approximate surface area is 200 Å². The van der Waals surface area contributed by atoms with Gasteiger partial charge in [0.2, 0.25) is 0 Å². The lowest BCUT2D eigenvalue weighted by Gasteiger charge is -2.13. The number of thiazole rings is 1. The molecule has 2 aromatic rings. The van der Waals surface area contributed by atoms with Gasteiger partial charge < -0.3 is 15.5 Å². The van der Waals surface area contributed by atoms with E-state index in [0.717, 1.165) is 37.3 Å². The second-order valence-electron chi connectivity index (χ2n) is 7.54. The third kappa shape index (κ3) is 6.94. The van der Waals surface area contributed by atoms with Crippen LogP contribution in [-0.4, -0.2) is 49.4 Å². The molecule has 3 rings (SSSR count). The highest BCUT2D eigenvalue weighted by Crippen LogP contribution is 2.27. The molecule has 1 aliphatic rings. The molecule has 6 nitrogen and oxygen atoms in total. The van der Waals surface area contributed by atoms with E-state index in [0.29, 0.717) is 12.1 Å². The summed E-state index contributed by atoms with van der Waals surface area (Å²) < 4.78 is 0. The SMILES string of the molecule is CN=C(NCCCc1nc2c(s1)CCCC2)NCc1ccc(C(=O)N(C)C)cc1.I. The lowest BCUT2D eigenvalue weighted by Crippen LogP contribution is -2.37. The summed E-state index contributed by atoms with van der Waals surface area (Å²) in [6.45, 7) is 1.52. The van der Waals surface area contributed by atoms with Crippen LogP contribution in [0, 0.1) is 0 Å². The summed E-state index contributed by atoms with van der Waals surface area (Å²) in [7, 11) is 5.30. The van der Waals surface area contributed by atoms with Crippen LogP contribution in [0.15, 0.2) is 29.3 Å². The Morgan fingerprint density at radius 3 is 2.57 bits per heavy atom. The van der Waals surface area contributed by atoms with E-state index in [9.17, 15) is 4.79 Å². The molecule has 0 spiro atoms. The number of aromatic nitrogens is 1. The number of halogens is 1. The van der Waals surface area contributed by atoms with Crippen LogP contribution in [0.5, 0.6) is 0 Å². The molecule has 2 N–H and O–H groups in total. The van der Waals surface area contributed by atoms with Crippen molar-refractivity contribution in [3.63, 3.8) is 0 Å². The van der Waals surface area contributed by atoms with Crippen molar-refractivity contribution in [1.29, 1.82) is 0 Å². The van der Waals surface area contributed by atoms with E-state index in [1.165, 1.54) is 34.8 Å². The van der Waals surface area contributed by atoms with Crippen LogP contribution in [0.4, 0.5) is 0 Å². The number of guanidine groups is 1. The molecule has 0 saturated heterocycles. The van der Waals surface area contributed by atoms with Gasteiger partial charge in [0.15, 0.2) is 5.96 Å². The molecule has 1 aliphatic carbocycles. The summed E-state index contributed by atoms with van der Waals surface area (Å²) >= 11 is 1.90. The molecule has 164 valence electrons. The van der Waals surface area contributed by atoms with Crippen molar-refractivity contribution >= 4 is 47.2 Å². The van der Waals surface area contributed by atoms with Gasteiger partial charge in [-0.05, 0) is 49.8 Å². The summed E-state index contributed by atoms with van der Waals surface area (Å²) in [6, 6.07) is 7.68. The van der Waals surface area contributed by atoms with E-state index in [-0.39, 0.29) is 29.9 Å². The number of rotatable bonds is 7. The minimum absolute atomic E-state index is 0. The number of carbonyl (C=O) groups excluding carboxylic acids is 1. The predicted octanol–water partition coefficient (Wildman–Crippen LogP) is 3.64. The number of nitrogens with one attached hydrogen (secondary N) is 2. The average Bonchev–Trinajstić information content (AvgIpc) is 3.16. The summed E-state index contributed by atoms with van der Waals surface area (Å²) in [4.78, 5) is 24.1. The Morgan fingerprint density at radius 2 is 1.90 bits per heavy atom. The maximum Gasteiger partial charge on any atom is 0.253 e. The van der Waals surface area contributed by atoms with Crippen LogP contribution in [0.1, 0.15) is 50.8 Å². The second kappa shape index (κ2) is 12.2. The van der Waals surface area contributed by atoms with Gasteiger partial charge in [-0.1, -0.05) is 12.1 Å². The Kier molecular flexibility index (Phi) is 10.0. The molecule has 1 aromatic carbocycles. The van der Waals surface area contributed by atoms with Gasteiger partial charge in [-0.15, -0.1) is 35.3 Å². The number of carbonyl (C=O) groups is 1. The zero-order chi connectivity index (χ0) is 20.6. The summed E-state index contributed by atoms with van der Waals surface area (Å²) in [5, 5.41) is 7.97. The second-order valence-corrected chi connectivity index (χ2v) is 8.71. The van der Waals surface area contributed by atoms with Crippen molar-refractivity contribution in [2.24, 2.45) is 4.99 Å². The van der Waals surface area contributed by atoms with E-state index in [1.807, 2.05) is 35.6 Å². The third-order valence-electron chi connectivity index (χ3n) is 5.04. The molecule has 1 aromatic heterocycles. The third-order valence-corrected chi connectivity index (χ3v) is 6.26. The lowest BCUT2D eigenvalue weighted by atomic mass is 10.0. The summed E-state index contributed by atoms with van der Waals surface area (Å²) in [5.74, 6) is 0.806. The molecule has 0 atom stereocenters. The first-order valence-corrected chi connectivity index (χ1v) is 11.1. The van der Waals surface area contributed by atoms with Gasteiger partial charge in [0.25, 0.3) is 5.91 Å². The zero-order valence-corrected chi connectivity index (χ0v) is 21.2. The number of amides is 1. The standard InChI is InChI=1S/C22H31N5OS.HI/c1-23-22(25-15-16-10-12-17(13-11-16)21(28)27(2)3)24-14-6-9-20-26-18-7-4-5-8-19(18)29-20;/h10-13H,4-9,14-15H2,1-3H3,(H2,23,24,25);1H. The molecule has 0 bridgehead atoms. The molecule has 8 heteroatoms. The number of hydrogen-bond donors (Lipinski definition) is 2. The first kappa shape index (κ1) is 24.6. The van der Waals surface area contributed by atoms with Crippen molar-refractivity contribution in [3.05, 3.63) is 51.0 Å². The van der Waals surface area contributed by atoms with Gasteiger partial charge in [-0.25, -0.2) is 4.98 Å². The Balaban J connectivity index is 0.00000320. The van der Waals surface area contributed by atoms with Gasteiger partial charge in [0, 0.05) is 51.1 Å². The van der Waals surface area contributed by atoms with Gasteiger partial charge in [-0.3, -0.25) is 9.79 Å². The number of aryl methyl sites for hydroxylation is 3. The van der Waals surface area contributed by atoms with Crippen LogP contribution in [0.2, 0.25) is 0 Å². The smallest absolute Gasteiger partial charge is 0.253 e. The van der Waals surface area contributed by atoms with Crippen LogP contribution in [0.25, 0.3) is 0 Å². The maximum absolute atomic E-state index is 12.0. The first-order valence-electron chi connectivity index (χ1n) is 10.3. The van der Waals surface area contributed by atoms with Crippen LogP contribution in [0.3, 0.4) is 0 Å². The van der Waals surface area contributed by atoms with Gasteiger partial charge in [-0.2, -0.15) is 0 Å². The zero-order valence-electron chi connectivity index (χ0n) is 18.0. The topological polar surface area (TPSA) is 69.6 Å². The van der Waals surface area contributed by atoms with E-state index in [2.05, 4.69) is 15.6 Å². The number of fused-ring (bicyclic) bond motifs is 1. The molecule has 1 amide bonds. The maximum atomic E-state index is 12.0. The van der Waals surface area contributed by atoms with Crippen molar-refractivity contribution in [2.45, 2.75) is 45.1 Å². The quantitative estimate of drug-likeness (QED) is 0.243. The Hall–Kier alpha value is -1.68. The van der Waals surface area contributed by atoms with E-state index in [1.54, 1.807) is 26.0 Å². The summed E-state index contributed by atoms with van der Waals surface area (Å²) in [5.41, 5.74) is 3.15. The van der Waals surface area contributed by atoms with E-state index >= 15 is 0 Å². The average molecular weight is 542 g/mol. The first-order chi connectivity index (χ1) is 14.1. The fourth-order valence-electron chi connectivity index (χ4n) is 3.39. The van der Waals surface area contributed by atoms with Gasteiger partial charge in [0.05, 0.1) is 10.7 Å². The minimum atomic E-state index is 0. The number of hydrogen-bond acceptors (Lipinski definition) is 4. The molecule has 0 unspecified atom stereocenters. The monoisotopic (exact) mass is 541 g/mol. The fraction of sp³-hybridized carbons (Fsp3) is 0.500. The van der Waals surface area contributed by atoms with Crippen molar-refractivity contribution in [3.8, 4) is 0 Å². The molecular weight excluding hydrogens is 509 g/mol. The minimum Gasteiger partial charge on any atom is -0.356 e. The van der Waals surface area contributed by atoms with Crippen molar-refractivity contribution in [1.82, 2.24) is 20.5 Å². The molecule has 0 radical (unpaired) electrons. The normalized spacial score (nSPS) is 13.2. The van der Waals surface area contributed by atoms with Crippen molar-refractivity contribution in [2.75, 3.05) is 27.7 Å². The van der Waals surface area contributed by atoms with Crippen LogP contribution < -0.4 is 10.6 Å². The fourth-order valence-corrected chi connectivity index (χ4v) is 4.59. The summed E-state index contributed by atoms with van der Waals surface area (Å²) in [6.07, 6.45) is 7.02. The van der Waals surface area contributed by atoms with Crippen LogP contribution in [-0.2, 0) is 25.8 Å². The number of nitrogens with zero attached hydrogens (tertiary/aromatic N) is 3. The highest BCUT2D eigenvalue weighted by Gasteiger charge is 2.14. The van der Waals surface area contributed by atoms with Gasteiger partial charge in [0.1, 0.15) is 0 Å². The number of aliphatic imine (C=N–C) groups is 1. The van der Waals surface area contributed by atoms with E-state index in [4.69, 9.17) is 4.98 Å². The Morgan fingerprint density at radius 1 is 1.17 bits per heavy atom. The molecule has 0 fully saturated rings. The van der Waals surface area contributed by atoms with E-state index < -0.39 is 0 Å². The Bertz CT molecular complexity index is 824. The van der Waals surface area contributed by atoms with Crippen molar-refractivity contribution < 1.29 is 4.79 Å². The molecule has 1 heterocycles. The number of benzene rings is 1. The lowest BCUT2D eigenvalue weighted by molar-refractivity contribution is 0.0827. The highest BCUT2D eigenvalue weighted by atomic mass is 127. The predicted molar refractivity (Wildman–Crippen MR) is 135 cm³/mol. The molecule has 30 heavy (non-hydrogen) atoms. The molecule has 0 saturated carbocycles. The molecule has 0 aliphatic heterocycles. The van der Waals surface area contributed by atoms with Gasteiger partial charge >= 0.3 is 0 Å². The molecular formula is C22H32IN5OS. The largest absolute Gasteiger partial charge is 0.356 e. The van der Waals surface area contributed by atoms with Crippen LogP contribution >= 0.6 is 35.3 Å².